The third-order valence-corrected chi connectivity index (χ3v) is 11.7. The molecule has 0 saturated heterocycles. The summed E-state index contributed by atoms with van der Waals surface area (Å²) in [6.45, 7) is 9.75. The molecule has 2 atom stereocenters. The summed E-state index contributed by atoms with van der Waals surface area (Å²) in [5, 5.41) is 4.52. The van der Waals surface area contributed by atoms with Gasteiger partial charge in [-0.2, -0.15) is 4.31 Å². The summed E-state index contributed by atoms with van der Waals surface area (Å²) in [5.74, 6) is 0.607. The first-order valence-corrected chi connectivity index (χ1v) is 18.3. The molecule has 0 aliphatic heterocycles. The second kappa shape index (κ2) is 13.1. The zero-order valence-electron chi connectivity index (χ0n) is 27.1. The van der Waals surface area contributed by atoms with Gasteiger partial charge in [0.15, 0.2) is 0 Å². The monoisotopic (exact) mass is 623 g/mol. The van der Waals surface area contributed by atoms with Gasteiger partial charge in [-0.05, 0) is 54.3 Å². The number of aromatic nitrogens is 2. The Morgan fingerprint density at radius 3 is 2.00 bits per heavy atom. The van der Waals surface area contributed by atoms with Gasteiger partial charge >= 0.3 is 0 Å². The third kappa shape index (κ3) is 5.59. The molecule has 7 heteroatoms. The highest BCUT2D eigenvalue weighted by Crippen LogP contribution is 2.36. The van der Waals surface area contributed by atoms with Crippen molar-refractivity contribution in [2.45, 2.75) is 84.0 Å². The number of hydrogen-bond donors (Lipinski definition) is 0. The number of rotatable bonds is 14. The van der Waals surface area contributed by atoms with Crippen molar-refractivity contribution in [3.8, 4) is 0 Å². The molecule has 45 heavy (non-hydrogen) atoms. The highest BCUT2D eigenvalue weighted by Gasteiger charge is 2.31. The molecule has 2 aromatic heterocycles. The van der Waals surface area contributed by atoms with E-state index in [0.717, 1.165) is 78.6 Å². The van der Waals surface area contributed by atoms with Crippen LogP contribution < -0.4 is 5.56 Å². The Bertz CT molecular complexity index is 2110. The highest BCUT2D eigenvalue weighted by atomic mass is 32.2. The molecule has 0 spiro atoms. The Morgan fingerprint density at radius 2 is 1.36 bits per heavy atom. The molecule has 0 aliphatic rings. The van der Waals surface area contributed by atoms with Crippen LogP contribution >= 0.6 is 0 Å². The lowest BCUT2D eigenvalue weighted by atomic mass is 9.97. The van der Waals surface area contributed by atoms with Gasteiger partial charge in [-0.25, -0.2) is 13.4 Å². The molecule has 236 valence electrons. The minimum Gasteiger partial charge on any atom is -0.268 e. The second-order valence-corrected chi connectivity index (χ2v) is 14.6. The molecule has 2 unspecified atom stereocenters. The number of sulfonamides is 1. The van der Waals surface area contributed by atoms with Crippen LogP contribution in [-0.4, -0.2) is 35.2 Å². The van der Waals surface area contributed by atoms with Gasteiger partial charge in [0.05, 0.1) is 15.9 Å². The first kappa shape index (κ1) is 31.4. The van der Waals surface area contributed by atoms with Crippen molar-refractivity contribution in [1.82, 2.24) is 13.7 Å². The molecule has 0 fully saturated rings. The van der Waals surface area contributed by atoms with E-state index in [-0.39, 0.29) is 10.5 Å². The molecule has 0 bridgehead atoms. The van der Waals surface area contributed by atoms with Crippen molar-refractivity contribution in [3.63, 3.8) is 0 Å². The summed E-state index contributed by atoms with van der Waals surface area (Å²) in [7, 11) is -3.87. The minimum absolute atomic E-state index is 0.184. The van der Waals surface area contributed by atoms with E-state index in [0.29, 0.717) is 46.7 Å². The van der Waals surface area contributed by atoms with Gasteiger partial charge in [0.1, 0.15) is 5.65 Å². The Kier molecular flexibility index (Phi) is 9.12. The van der Waals surface area contributed by atoms with Gasteiger partial charge in [0.2, 0.25) is 10.0 Å². The van der Waals surface area contributed by atoms with Crippen LogP contribution in [0.5, 0.6) is 0 Å². The highest BCUT2D eigenvalue weighted by molar-refractivity contribution is 7.89. The van der Waals surface area contributed by atoms with Crippen LogP contribution in [0.4, 0.5) is 0 Å². The third-order valence-electron chi connectivity index (χ3n) is 9.84. The molecule has 6 aromatic rings. The zero-order valence-corrected chi connectivity index (χ0v) is 27.9. The first-order chi connectivity index (χ1) is 21.8. The van der Waals surface area contributed by atoms with Crippen molar-refractivity contribution < 1.29 is 8.42 Å². The van der Waals surface area contributed by atoms with Gasteiger partial charge in [0.25, 0.3) is 5.56 Å². The fraction of sp³-hybridized carbons (Fsp3) is 0.421. The number of nitrogens with zero attached hydrogens (tertiary/aromatic N) is 3. The zero-order chi connectivity index (χ0) is 31.7. The molecule has 4 aromatic carbocycles. The van der Waals surface area contributed by atoms with Crippen molar-refractivity contribution in [3.05, 3.63) is 77.1 Å². The topological polar surface area (TPSA) is 71.8 Å². The van der Waals surface area contributed by atoms with Crippen molar-refractivity contribution in [2.75, 3.05) is 13.1 Å². The average Bonchev–Trinajstić information content (AvgIpc) is 3.06. The summed E-state index contributed by atoms with van der Waals surface area (Å²) >= 11 is 0. The Balaban J connectivity index is 1.56. The van der Waals surface area contributed by atoms with Crippen LogP contribution in [0.25, 0.3) is 49.0 Å². The van der Waals surface area contributed by atoms with Crippen molar-refractivity contribution in [2.24, 2.45) is 11.8 Å². The predicted molar refractivity (Wildman–Crippen MR) is 188 cm³/mol. The van der Waals surface area contributed by atoms with E-state index in [1.807, 2.05) is 54.6 Å². The van der Waals surface area contributed by atoms with Crippen LogP contribution in [0.3, 0.4) is 0 Å². The van der Waals surface area contributed by atoms with E-state index >= 15 is 0 Å². The average molecular weight is 624 g/mol. The largest absolute Gasteiger partial charge is 0.268 e. The Morgan fingerprint density at radius 1 is 0.733 bits per heavy atom. The summed E-state index contributed by atoms with van der Waals surface area (Å²) in [6.07, 6.45) is 8.32. The minimum atomic E-state index is -3.87. The van der Waals surface area contributed by atoms with Crippen LogP contribution in [0.15, 0.2) is 76.4 Å². The van der Waals surface area contributed by atoms with Gasteiger partial charge < -0.3 is 0 Å². The summed E-state index contributed by atoms with van der Waals surface area (Å²) in [4.78, 5) is 19.5. The summed E-state index contributed by atoms with van der Waals surface area (Å²) in [6, 6.07) is 21.1. The summed E-state index contributed by atoms with van der Waals surface area (Å²) < 4.78 is 33.0. The van der Waals surface area contributed by atoms with Gasteiger partial charge in [0, 0.05) is 40.0 Å². The smallest absolute Gasteiger partial charge is 0.264 e. The number of benzene rings is 4. The fourth-order valence-electron chi connectivity index (χ4n) is 7.16. The SMILES string of the molecule is CCCCC(CC)CN(CC(CC)CCCC)S(=O)(=O)c1ccc2c(=O)n3c4cccc5cccc(nc3c3cccc1c23)c54. The van der Waals surface area contributed by atoms with Gasteiger partial charge in [-0.15, -0.1) is 0 Å². The van der Waals surface area contributed by atoms with E-state index in [1.165, 1.54) is 0 Å². The molecule has 0 radical (unpaired) electrons. The van der Waals surface area contributed by atoms with Crippen LogP contribution in [0, 0.1) is 11.8 Å². The molecule has 0 aliphatic carbocycles. The molecule has 0 amide bonds. The van der Waals surface area contributed by atoms with E-state index < -0.39 is 10.0 Å². The quantitative estimate of drug-likeness (QED) is 0.0896. The predicted octanol–water partition coefficient (Wildman–Crippen LogP) is 9.17. The Hall–Kier alpha value is -3.55. The molecule has 6 nitrogen and oxygen atoms in total. The lowest BCUT2D eigenvalue weighted by molar-refractivity contribution is 0.270. The van der Waals surface area contributed by atoms with Gasteiger partial charge in [-0.1, -0.05) is 109 Å². The molecular weight excluding hydrogens is 579 g/mol. The standard InChI is InChI=1S/C38H45N3O3S/c1-5-9-14-26(7-3)24-40(25-27(8-4)15-10-6-2)45(43,44)34-23-22-31-36-29(34)18-13-19-30(36)37-39-32-20-11-16-28-17-12-21-33(35(28)32)41(37)38(31)42/h11-13,16-23,26-27H,5-10,14-15,24-25H2,1-4H3. The molecular formula is C38H45N3O3S. The maximum atomic E-state index is 14.8. The number of fused-ring (bicyclic) bond motifs is 3. The van der Waals surface area contributed by atoms with E-state index in [2.05, 4.69) is 27.7 Å². The van der Waals surface area contributed by atoms with Crippen molar-refractivity contribution in [1.29, 1.82) is 0 Å². The van der Waals surface area contributed by atoms with Gasteiger partial charge in [-0.3, -0.25) is 9.20 Å². The van der Waals surface area contributed by atoms with E-state index in [9.17, 15) is 13.2 Å². The van der Waals surface area contributed by atoms with Crippen molar-refractivity contribution >= 4 is 59.0 Å². The van der Waals surface area contributed by atoms with E-state index in [1.54, 1.807) is 20.8 Å². The maximum Gasteiger partial charge on any atom is 0.264 e. The maximum absolute atomic E-state index is 14.8. The number of pyridine rings is 1. The molecule has 0 saturated carbocycles. The summed E-state index contributed by atoms with van der Waals surface area (Å²) in [5.41, 5.74) is 1.98. The fourth-order valence-corrected chi connectivity index (χ4v) is 8.94. The second-order valence-electron chi connectivity index (χ2n) is 12.7. The number of hydrogen-bond acceptors (Lipinski definition) is 4. The lowest BCUT2D eigenvalue weighted by Gasteiger charge is -2.30. The first-order valence-electron chi connectivity index (χ1n) is 16.8. The molecule has 6 rings (SSSR count). The Labute approximate surface area is 266 Å². The normalized spacial score (nSPS) is 14.1. The molecule has 0 N–H and O–H groups in total. The van der Waals surface area contributed by atoms with Crippen LogP contribution in [0.2, 0.25) is 0 Å². The lowest BCUT2D eigenvalue weighted by Crippen LogP contribution is -2.39. The van der Waals surface area contributed by atoms with E-state index in [4.69, 9.17) is 4.98 Å². The van der Waals surface area contributed by atoms with Crippen LogP contribution in [0.1, 0.15) is 79.1 Å². The number of unbranched alkanes of at least 4 members (excludes halogenated alkanes) is 2. The van der Waals surface area contributed by atoms with Crippen LogP contribution in [-0.2, 0) is 10.0 Å². The molecule has 2 heterocycles.